The number of aromatic nitrogens is 1. The molecule has 6 heteroatoms. The number of aromatic amines is 1. The van der Waals surface area contributed by atoms with Crippen LogP contribution in [-0.2, 0) is 6.54 Å². The minimum atomic E-state index is -0.394. The van der Waals surface area contributed by atoms with Crippen molar-refractivity contribution in [2.75, 3.05) is 14.2 Å². The molecule has 2 aromatic carbocycles. The van der Waals surface area contributed by atoms with Crippen LogP contribution in [0, 0.1) is 5.82 Å². The Bertz CT molecular complexity index is 890. The van der Waals surface area contributed by atoms with E-state index < -0.39 is 5.82 Å². The van der Waals surface area contributed by atoms with Gasteiger partial charge in [0.1, 0.15) is 17.3 Å². The monoisotopic (exact) mass is 346 g/mol. The number of fused-ring (bicyclic) bond motifs is 1. The molecule has 4 nitrogen and oxygen atoms in total. The van der Waals surface area contributed by atoms with Gasteiger partial charge >= 0.3 is 0 Å². The van der Waals surface area contributed by atoms with Gasteiger partial charge in [-0.1, -0.05) is 23.7 Å². The average molecular weight is 347 g/mol. The maximum Gasteiger partial charge on any atom is 0.271 e. The normalized spacial score (nSPS) is 10.8. The van der Waals surface area contributed by atoms with Crippen LogP contribution >= 0.6 is 11.6 Å². The van der Waals surface area contributed by atoms with Crippen LogP contribution in [0.2, 0.25) is 5.02 Å². The first-order chi connectivity index (χ1) is 11.5. The molecule has 24 heavy (non-hydrogen) atoms. The number of methoxy groups -OCH3 is 1. The number of halogens is 2. The van der Waals surface area contributed by atoms with E-state index >= 15 is 0 Å². The molecule has 1 aromatic heterocycles. The molecule has 0 saturated heterocycles. The van der Waals surface area contributed by atoms with Crippen LogP contribution in [0.25, 0.3) is 10.9 Å². The molecule has 0 unspecified atom stereocenters. The molecular formula is C18H16ClFN2O2. The molecule has 0 bridgehead atoms. The van der Waals surface area contributed by atoms with E-state index in [1.807, 2.05) is 24.3 Å². The Morgan fingerprint density at radius 2 is 1.96 bits per heavy atom. The van der Waals surface area contributed by atoms with Crippen molar-refractivity contribution in [1.29, 1.82) is 0 Å². The quantitative estimate of drug-likeness (QED) is 0.768. The third-order valence-electron chi connectivity index (χ3n) is 3.84. The number of hydrogen-bond donors (Lipinski definition) is 1. The summed E-state index contributed by atoms with van der Waals surface area (Å²) < 4.78 is 18.5. The second-order valence-electron chi connectivity index (χ2n) is 5.51. The highest BCUT2D eigenvalue weighted by Gasteiger charge is 2.20. The number of carbonyl (C=O) groups excluding carboxylic acids is 1. The minimum Gasteiger partial charge on any atom is -0.497 e. The highest BCUT2D eigenvalue weighted by atomic mass is 35.5. The van der Waals surface area contributed by atoms with Gasteiger partial charge in [0.2, 0.25) is 0 Å². The summed E-state index contributed by atoms with van der Waals surface area (Å²) in [4.78, 5) is 17.2. The minimum absolute atomic E-state index is 0.232. The number of nitrogens with one attached hydrogen (secondary N) is 1. The lowest BCUT2D eigenvalue weighted by Crippen LogP contribution is -2.26. The number of H-pyrrole nitrogens is 1. The van der Waals surface area contributed by atoms with Crippen LogP contribution in [0.1, 0.15) is 16.1 Å². The molecular weight excluding hydrogens is 331 g/mol. The second kappa shape index (κ2) is 6.53. The molecule has 0 aliphatic heterocycles. The highest BCUT2D eigenvalue weighted by Crippen LogP contribution is 2.29. The van der Waals surface area contributed by atoms with Gasteiger partial charge in [0.25, 0.3) is 5.91 Å². The van der Waals surface area contributed by atoms with Gasteiger partial charge < -0.3 is 14.6 Å². The molecule has 1 heterocycles. The summed E-state index contributed by atoms with van der Waals surface area (Å²) in [5, 5.41) is 0.731. The number of ether oxygens (including phenoxy) is 1. The Morgan fingerprint density at radius 3 is 2.62 bits per heavy atom. The lowest BCUT2D eigenvalue weighted by molar-refractivity contribution is 0.0780. The van der Waals surface area contributed by atoms with Gasteiger partial charge in [0.15, 0.2) is 0 Å². The zero-order chi connectivity index (χ0) is 17.3. The van der Waals surface area contributed by atoms with Crippen molar-refractivity contribution in [2.24, 2.45) is 0 Å². The number of rotatable bonds is 4. The van der Waals surface area contributed by atoms with Crippen LogP contribution in [-0.4, -0.2) is 29.9 Å². The van der Waals surface area contributed by atoms with Crippen LogP contribution < -0.4 is 4.74 Å². The molecule has 1 N–H and O–H groups in total. The van der Waals surface area contributed by atoms with E-state index in [9.17, 15) is 9.18 Å². The first kappa shape index (κ1) is 16.3. The Kier molecular flexibility index (Phi) is 4.44. The van der Waals surface area contributed by atoms with Gasteiger partial charge in [-0.25, -0.2) is 4.39 Å². The maximum atomic E-state index is 13.4. The van der Waals surface area contributed by atoms with Crippen LogP contribution in [0.4, 0.5) is 4.39 Å². The zero-order valence-corrected chi connectivity index (χ0v) is 14.0. The molecule has 0 radical (unpaired) electrons. The summed E-state index contributed by atoms with van der Waals surface area (Å²) in [6.07, 6.45) is 0. The van der Waals surface area contributed by atoms with E-state index in [0.717, 1.165) is 11.3 Å². The van der Waals surface area contributed by atoms with E-state index in [-0.39, 0.29) is 16.6 Å². The SMILES string of the molecule is COc1ccc(CN(C)C(=O)c2[nH]c3ccc(F)cc3c2Cl)cc1. The smallest absolute Gasteiger partial charge is 0.271 e. The third kappa shape index (κ3) is 3.08. The number of benzene rings is 2. The molecule has 0 fully saturated rings. The molecule has 1 amide bonds. The average Bonchev–Trinajstić information content (AvgIpc) is 2.91. The van der Waals surface area contributed by atoms with E-state index in [1.165, 1.54) is 12.1 Å². The lowest BCUT2D eigenvalue weighted by atomic mass is 10.2. The van der Waals surface area contributed by atoms with E-state index in [0.29, 0.717) is 17.4 Å². The first-order valence-electron chi connectivity index (χ1n) is 7.34. The number of hydrogen-bond acceptors (Lipinski definition) is 2. The lowest BCUT2D eigenvalue weighted by Gasteiger charge is -2.17. The van der Waals surface area contributed by atoms with Crippen LogP contribution in [0.15, 0.2) is 42.5 Å². The Labute approximate surface area is 143 Å². The van der Waals surface area contributed by atoms with E-state index in [4.69, 9.17) is 16.3 Å². The van der Waals surface area contributed by atoms with Gasteiger partial charge in [-0.2, -0.15) is 0 Å². The van der Waals surface area contributed by atoms with Crippen LogP contribution in [0.3, 0.4) is 0 Å². The molecule has 124 valence electrons. The largest absolute Gasteiger partial charge is 0.497 e. The summed E-state index contributed by atoms with van der Waals surface area (Å²) in [5.74, 6) is 0.106. The Morgan fingerprint density at radius 1 is 1.25 bits per heavy atom. The summed E-state index contributed by atoms with van der Waals surface area (Å²) in [6, 6.07) is 11.7. The molecule has 0 aliphatic rings. The van der Waals surface area contributed by atoms with Crippen molar-refractivity contribution in [1.82, 2.24) is 9.88 Å². The highest BCUT2D eigenvalue weighted by molar-refractivity contribution is 6.38. The molecule has 0 spiro atoms. The fourth-order valence-corrected chi connectivity index (χ4v) is 2.83. The van der Waals surface area contributed by atoms with E-state index in [2.05, 4.69) is 4.98 Å². The van der Waals surface area contributed by atoms with Crippen molar-refractivity contribution in [3.8, 4) is 5.75 Å². The predicted octanol–water partition coefficient (Wildman–Crippen LogP) is 4.24. The van der Waals surface area contributed by atoms with Gasteiger partial charge in [-0.3, -0.25) is 4.79 Å². The topological polar surface area (TPSA) is 45.3 Å². The summed E-state index contributed by atoms with van der Waals surface area (Å²) >= 11 is 6.25. The number of nitrogens with zero attached hydrogens (tertiary/aromatic N) is 1. The van der Waals surface area contributed by atoms with Crippen molar-refractivity contribution < 1.29 is 13.9 Å². The molecule has 3 rings (SSSR count). The molecule has 0 saturated carbocycles. The maximum absolute atomic E-state index is 13.4. The van der Waals surface area contributed by atoms with Gasteiger partial charge in [-0.05, 0) is 35.9 Å². The van der Waals surface area contributed by atoms with Gasteiger partial charge in [0, 0.05) is 24.5 Å². The predicted molar refractivity (Wildman–Crippen MR) is 92.1 cm³/mol. The number of amides is 1. The Balaban J connectivity index is 1.83. The molecule has 0 aliphatic carbocycles. The van der Waals surface area contributed by atoms with Crippen molar-refractivity contribution in [3.05, 3.63) is 64.6 Å². The van der Waals surface area contributed by atoms with Crippen molar-refractivity contribution >= 4 is 28.4 Å². The summed E-state index contributed by atoms with van der Waals surface area (Å²) in [7, 11) is 3.29. The summed E-state index contributed by atoms with van der Waals surface area (Å²) in [6.45, 7) is 0.420. The van der Waals surface area contributed by atoms with Crippen LogP contribution in [0.5, 0.6) is 5.75 Å². The third-order valence-corrected chi connectivity index (χ3v) is 4.23. The van der Waals surface area contributed by atoms with Crippen molar-refractivity contribution in [3.63, 3.8) is 0 Å². The Hall–Kier alpha value is -2.53. The van der Waals surface area contributed by atoms with Gasteiger partial charge in [-0.15, -0.1) is 0 Å². The zero-order valence-electron chi connectivity index (χ0n) is 13.3. The summed E-state index contributed by atoms with van der Waals surface area (Å²) in [5.41, 5.74) is 1.85. The molecule has 0 atom stereocenters. The fourth-order valence-electron chi connectivity index (χ4n) is 2.55. The first-order valence-corrected chi connectivity index (χ1v) is 7.72. The van der Waals surface area contributed by atoms with Gasteiger partial charge in [0.05, 0.1) is 12.1 Å². The number of carbonyl (C=O) groups is 1. The second-order valence-corrected chi connectivity index (χ2v) is 5.89. The molecule has 3 aromatic rings. The fraction of sp³-hybridized carbons (Fsp3) is 0.167. The standard InChI is InChI=1S/C18H16ClFN2O2/c1-22(10-11-3-6-13(24-2)7-4-11)18(23)17-16(19)14-9-12(20)5-8-15(14)21-17/h3-9,21H,10H2,1-2H3. The van der Waals surface area contributed by atoms with E-state index in [1.54, 1.807) is 25.1 Å². The van der Waals surface area contributed by atoms with Crippen molar-refractivity contribution in [2.45, 2.75) is 6.54 Å².